The normalized spacial score (nSPS) is 13.1. The quantitative estimate of drug-likeness (QED) is 0.484. The van der Waals surface area contributed by atoms with Gasteiger partial charge in [0.05, 0.1) is 46.4 Å². The summed E-state index contributed by atoms with van der Waals surface area (Å²) in [5.41, 5.74) is 6.22. The van der Waals surface area contributed by atoms with Gasteiger partial charge in [0.2, 0.25) is 0 Å². The molecule has 0 fully saturated rings. The number of aliphatic imine (C=N–C) groups is 1. The van der Waals surface area contributed by atoms with Crippen molar-refractivity contribution < 1.29 is 0 Å². The highest BCUT2D eigenvalue weighted by atomic mass is 15.1. The number of nitrogens with zero attached hydrogens (tertiary/aromatic N) is 5. The van der Waals surface area contributed by atoms with E-state index in [1.165, 1.54) is 0 Å². The zero-order chi connectivity index (χ0) is 20.6. The molecule has 0 aromatic carbocycles. The van der Waals surface area contributed by atoms with Gasteiger partial charge >= 0.3 is 0 Å². The second-order valence-corrected chi connectivity index (χ2v) is 7.24. The van der Waals surface area contributed by atoms with Gasteiger partial charge in [-0.1, -0.05) is 12.1 Å². The number of hydrogen-bond donors (Lipinski definition) is 2. The van der Waals surface area contributed by atoms with Crippen molar-refractivity contribution in [1.29, 1.82) is 0 Å². The average Bonchev–Trinajstić information content (AvgIpc) is 3.37. The van der Waals surface area contributed by atoms with Gasteiger partial charge in [-0.15, -0.1) is 0 Å². The summed E-state index contributed by atoms with van der Waals surface area (Å²) in [4.78, 5) is 21.5. The molecule has 6 rings (SSSR count). The van der Waals surface area contributed by atoms with Gasteiger partial charge in [0, 0.05) is 34.8 Å². The van der Waals surface area contributed by atoms with Crippen LogP contribution >= 0.6 is 0 Å². The summed E-state index contributed by atoms with van der Waals surface area (Å²) < 4.78 is 0. The van der Waals surface area contributed by atoms with Crippen molar-refractivity contribution in [2.75, 3.05) is 6.54 Å². The first kappa shape index (κ1) is 17.5. The number of rotatable bonds is 3. The number of aromatic nitrogens is 6. The lowest BCUT2D eigenvalue weighted by Crippen LogP contribution is -2.24. The Morgan fingerprint density at radius 3 is 2.55 bits per heavy atom. The molecule has 148 valence electrons. The first-order valence-electron chi connectivity index (χ1n) is 9.97. The van der Waals surface area contributed by atoms with Crippen LogP contribution < -0.4 is 10.6 Å². The molecule has 0 amide bonds. The molecule has 0 bridgehead atoms. The lowest BCUT2D eigenvalue weighted by molar-refractivity contribution is 1.06. The number of aromatic amines is 2. The molecule has 5 aromatic rings. The zero-order valence-electron chi connectivity index (χ0n) is 16.4. The molecule has 1 aliphatic heterocycles. The van der Waals surface area contributed by atoms with Crippen LogP contribution in [0.5, 0.6) is 0 Å². The van der Waals surface area contributed by atoms with Crippen molar-refractivity contribution in [3.63, 3.8) is 0 Å². The maximum atomic E-state index is 4.68. The fourth-order valence-electron chi connectivity index (χ4n) is 3.86. The van der Waals surface area contributed by atoms with Gasteiger partial charge in [0.25, 0.3) is 0 Å². The van der Waals surface area contributed by atoms with Crippen molar-refractivity contribution in [3.8, 4) is 22.6 Å². The van der Waals surface area contributed by atoms with Crippen LogP contribution in [0.3, 0.4) is 0 Å². The minimum absolute atomic E-state index is 0.567. The molecular formula is C24H17N7. The Kier molecular flexibility index (Phi) is 4.02. The van der Waals surface area contributed by atoms with Crippen molar-refractivity contribution >= 4 is 28.8 Å². The van der Waals surface area contributed by atoms with Crippen LogP contribution in [-0.4, -0.2) is 42.4 Å². The van der Waals surface area contributed by atoms with E-state index in [2.05, 4.69) is 41.2 Å². The van der Waals surface area contributed by atoms with Crippen LogP contribution in [0.25, 0.3) is 45.7 Å². The Balaban J connectivity index is 1.53. The molecule has 0 saturated heterocycles. The summed E-state index contributed by atoms with van der Waals surface area (Å²) in [6.07, 6.45) is 11.3. The lowest BCUT2D eigenvalue weighted by Gasteiger charge is -2.00. The highest BCUT2D eigenvalue weighted by molar-refractivity contribution is 6.20. The van der Waals surface area contributed by atoms with Gasteiger partial charge < -0.3 is 4.98 Å². The summed E-state index contributed by atoms with van der Waals surface area (Å²) >= 11 is 0. The lowest BCUT2D eigenvalue weighted by atomic mass is 10.1. The predicted octanol–water partition coefficient (Wildman–Crippen LogP) is 2.47. The highest BCUT2D eigenvalue weighted by Gasteiger charge is 2.14. The maximum Gasteiger partial charge on any atom is 0.116 e. The van der Waals surface area contributed by atoms with E-state index in [9.17, 15) is 0 Å². The Morgan fingerprint density at radius 1 is 0.903 bits per heavy atom. The molecule has 31 heavy (non-hydrogen) atoms. The van der Waals surface area contributed by atoms with Gasteiger partial charge in [0.15, 0.2) is 0 Å². The molecule has 0 spiro atoms. The smallest absolute Gasteiger partial charge is 0.116 e. The van der Waals surface area contributed by atoms with E-state index in [1.807, 2.05) is 60.9 Å². The van der Waals surface area contributed by atoms with Crippen LogP contribution in [0.4, 0.5) is 0 Å². The fraction of sp³-hybridized carbons (Fsp3) is 0.0417. The molecule has 0 aliphatic carbocycles. The Morgan fingerprint density at radius 2 is 1.74 bits per heavy atom. The highest BCUT2D eigenvalue weighted by Crippen LogP contribution is 2.29. The van der Waals surface area contributed by atoms with Crippen LogP contribution in [0.15, 0.2) is 72.2 Å². The largest absolute Gasteiger partial charge is 0.352 e. The minimum Gasteiger partial charge on any atom is -0.352 e. The molecule has 0 unspecified atom stereocenters. The zero-order valence-corrected chi connectivity index (χ0v) is 16.4. The number of hydrogen-bond acceptors (Lipinski definition) is 5. The van der Waals surface area contributed by atoms with E-state index < -0.39 is 0 Å². The van der Waals surface area contributed by atoms with Gasteiger partial charge in [0.1, 0.15) is 5.69 Å². The van der Waals surface area contributed by atoms with E-state index in [4.69, 9.17) is 0 Å². The van der Waals surface area contributed by atoms with Gasteiger partial charge in [-0.25, -0.2) is 0 Å². The van der Waals surface area contributed by atoms with Gasteiger partial charge in [-0.3, -0.25) is 25.0 Å². The van der Waals surface area contributed by atoms with Crippen molar-refractivity contribution in [3.05, 3.63) is 83.5 Å². The third kappa shape index (κ3) is 3.03. The van der Waals surface area contributed by atoms with Crippen molar-refractivity contribution in [2.24, 2.45) is 4.99 Å². The van der Waals surface area contributed by atoms with E-state index in [-0.39, 0.29) is 0 Å². The summed E-state index contributed by atoms with van der Waals surface area (Å²) in [7, 11) is 0. The third-order valence-electron chi connectivity index (χ3n) is 5.34. The van der Waals surface area contributed by atoms with Gasteiger partial charge in [-0.05, 0) is 42.5 Å². The summed E-state index contributed by atoms with van der Waals surface area (Å²) in [6, 6.07) is 13.8. The van der Waals surface area contributed by atoms with Crippen LogP contribution in [0.1, 0.15) is 5.69 Å². The topological polar surface area (TPSA) is 95.5 Å². The predicted molar refractivity (Wildman–Crippen MR) is 121 cm³/mol. The van der Waals surface area contributed by atoms with Crippen LogP contribution in [-0.2, 0) is 0 Å². The van der Waals surface area contributed by atoms with E-state index in [1.54, 1.807) is 12.4 Å². The summed E-state index contributed by atoms with van der Waals surface area (Å²) in [5.74, 6) is 0. The first-order valence-corrected chi connectivity index (χ1v) is 9.97. The molecule has 2 N–H and O–H groups in total. The second-order valence-electron chi connectivity index (χ2n) is 7.24. The monoisotopic (exact) mass is 403 g/mol. The number of nitrogens with one attached hydrogen (secondary N) is 2. The number of pyridine rings is 3. The van der Waals surface area contributed by atoms with Crippen molar-refractivity contribution in [1.82, 2.24) is 30.1 Å². The molecule has 7 heteroatoms. The number of H-pyrrole nitrogens is 2. The first-order chi connectivity index (χ1) is 15.4. The summed E-state index contributed by atoms with van der Waals surface area (Å²) in [5, 5.41) is 10.7. The molecule has 0 saturated carbocycles. The molecule has 1 aliphatic rings. The van der Waals surface area contributed by atoms with Gasteiger partial charge in [-0.2, -0.15) is 5.10 Å². The molecule has 7 nitrogen and oxygen atoms in total. The maximum absolute atomic E-state index is 4.68. The second kappa shape index (κ2) is 7.14. The standard InChI is InChI=1S/C24H17N7/c1-3-8-26-18(5-1)17-13-25-14-23-15(17)11-22(29-23)24-16-12-21(20-6-2-4-9-27-20)28-10-7-19(16)30-31-24/h1-9,11-14,29-30H,10H2. The molecular weight excluding hydrogens is 386 g/mol. The Bertz CT molecular complexity index is 1540. The minimum atomic E-state index is 0.567. The van der Waals surface area contributed by atoms with Crippen molar-refractivity contribution in [2.45, 2.75) is 0 Å². The Hall–Kier alpha value is -4.39. The van der Waals surface area contributed by atoms with Crippen LogP contribution in [0.2, 0.25) is 0 Å². The van der Waals surface area contributed by atoms with E-state index in [0.717, 1.165) is 55.5 Å². The SMILES string of the molecule is C1=c2[nH]nc(-c3cc4c(-c5ccccn5)cncc4[nH]3)c2=CC(c2ccccn2)=NC1. The van der Waals surface area contributed by atoms with Crippen LogP contribution in [0, 0.1) is 0 Å². The van der Waals surface area contributed by atoms with E-state index in [0.29, 0.717) is 6.54 Å². The molecule has 0 atom stereocenters. The molecule has 0 radical (unpaired) electrons. The average molecular weight is 403 g/mol. The summed E-state index contributed by atoms with van der Waals surface area (Å²) in [6.45, 7) is 0.567. The van der Waals surface area contributed by atoms with E-state index >= 15 is 0 Å². The fourth-order valence-corrected chi connectivity index (χ4v) is 3.86. The Labute approximate surface area is 177 Å². The third-order valence-corrected chi connectivity index (χ3v) is 5.34. The number of fused-ring (bicyclic) bond motifs is 2. The molecule has 5 aromatic heterocycles. The molecule has 6 heterocycles.